The molecule has 0 atom stereocenters. The first-order valence-corrected chi connectivity index (χ1v) is 10.0. The highest BCUT2D eigenvalue weighted by Gasteiger charge is 2.26. The Hall–Kier alpha value is -2.05. The zero-order valence-corrected chi connectivity index (χ0v) is 16.3. The number of nitrogens with zero attached hydrogens (tertiary/aromatic N) is 2. The van der Waals surface area contributed by atoms with Crippen molar-refractivity contribution < 1.29 is 9.47 Å². The highest BCUT2D eigenvalue weighted by molar-refractivity contribution is 5.93. The summed E-state index contributed by atoms with van der Waals surface area (Å²) in [6.45, 7) is 4.69. The van der Waals surface area contributed by atoms with Crippen LogP contribution in [0.15, 0.2) is 24.4 Å². The number of hydrogen-bond donors (Lipinski definition) is 2. The van der Waals surface area contributed by atoms with Gasteiger partial charge in [0.15, 0.2) is 11.5 Å². The van der Waals surface area contributed by atoms with Gasteiger partial charge in [0.1, 0.15) is 0 Å². The minimum Gasteiger partial charge on any atom is -0.493 e. The fourth-order valence-corrected chi connectivity index (χ4v) is 4.40. The largest absolute Gasteiger partial charge is 0.493 e. The van der Waals surface area contributed by atoms with Crippen molar-refractivity contribution in [3.63, 3.8) is 0 Å². The molecule has 6 nitrogen and oxygen atoms in total. The van der Waals surface area contributed by atoms with Gasteiger partial charge in [0.2, 0.25) is 0 Å². The Bertz CT molecular complexity index is 768. The summed E-state index contributed by atoms with van der Waals surface area (Å²) >= 11 is 0. The van der Waals surface area contributed by atoms with Crippen LogP contribution in [0.4, 0.5) is 5.69 Å². The lowest BCUT2D eigenvalue weighted by atomic mass is 9.98. The van der Waals surface area contributed by atoms with Crippen LogP contribution in [0.2, 0.25) is 0 Å². The Morgan fingerprint density at radius 3 is 2.44 bits per heavy atom. The summed E-state index contributed by atoms with van der Waals surface area (Å²) < 4.78 is 10.9. The van der Waals surface area contributed by atoms with Gasteiger partial charge in [-0.1, -0.05) is 0 Å². The lowest BCUT2D eigenvalue weighted by Crippen LogP contribution is -2.48. The molecule has 0 unspecified atom stereocenters. The van der Waals surface area contributed by atoms with Gasteiger partial charge in [0.05, 0.1) is 19.7 Å². The number of hydrogen-bond acceptors (Lipinski definition) is 6. The number of pyridine rings is 1. The molecule has 2 fully saturated rings. The molecule has 0 radical (unpaired) electrons. The van der Waals surface area contributed by atoms with E-state index >= 15 is 0 Å². The molecule has 0 aliphatic carbocycles. The molecule has 0 amide bonds. The van der Waals surface area contributed by atoms with Crippen LogP contribution in [0.3, 0.4) is 0 Å². The summed E-state index contributed by atoms with van der Waals surface area (Å²) in [6, 6.07) is 7.30. The van der Waals surface area contributed by atoms with Crippen LogP contribution < -0.4 is 20.1 Å². The average molecular weight is 370 g/mol. The zero-order chi connectivity index (χ0) is 18.6. The van der Waals surface area contributed by atoms with Gasteiger partial charge in [-0.15, -0.1) is 0 Å². The van der Waals surface area contributed by atoms with Crippen LogP contribution in [0.1, 0.15) is 25.7 Å². The predicted molar refractivity (Wildman–Crippen MR) is 109 cm³/mol. The van der Waals surface area contributed by atoms with E-state index < -0.39 is 0 Å². The van der Waals surface area contributed by atoms with E-state index in [2.05, 4.69) is 26.6 Å². The van der Waals surface area contributed by atoms with Crippen molar-refractivity contribution in [2.45, 2.75) is 37.8 Å². The first kappa shape index (κ1) is 18.3. The highest BCUT2D eigenvalue weighted by atomic mass is 16.5. The maximum Gasteiger partial charge on any atom is 0.162 e. The second-order valence-electron chi connectivity index (χ2n) is 7.52. The van der Waals surface area contributed by atoms with E-state index in [0.29, 0.717) is 11.8 Å². The van der Waals surface area contributed by atoms with Crippen LogP contribution in [0, 0.1) is 0 Å². The number of piperidine rings is 2. The Balaban J connectivity index is 1.46. The molecule has 2 aliphatic rings. The third-order valence-corrected chi connectivity index (χ3v) is 5.96. The van der Waals surface area contributed by atoms with Crippen molar-refractivity contribution in [2.24, 2.45) is 0 Å². The smallest absolute Gasteiger partial charge is 0.162 e. The molecule has 146 valence electrons. The lowest BCUT2D eigenvalue weighted by Gasteiger charge is -2.39. The standard InChI is InChI=1S/C21H30N4O2/c1-26-20-13-17-18(5-10-23-19(17)14-21(20)27-2)24-15-6-11-25(12-7-15)16-3-8-22-9-4-16/h5,10,13-16,22H,3-4,6-9,11-12H2,1-2H3,(H,23,24). The average Bonchev–Trinajstić information content (AvgIpc) is 2.74. The molecule has 27 heavy (non-hydrogen) atoms. The predicted octanol–water partition coefficient (Wildman–Crippen LogP) is 2.88. The molecule has 1 aromatic carbocycles. The number of fused-ring (bicyclic) bond motifs is 1. The van der Waals surface area contributed by atoms with Gasteiger partial charge in [-0.25, -0.2) is 0 Å². The van der Waals surface area contributed by atoms with Crippen molar-refractivity contribution in [3.8, 4) is 11.5 Å². The minimum atomic E-state index is 0.502. The molecule has 2 saturated heterocycles. The van der Waals surface area contributed by atoms with E-state index in [1.807, 2.05) is 18.3 Å². The number of methoxy groups -OCH3 is 2. The van der Waals surface area contributed by atoms with Crippen LogP contribution in [-0.2, 0) is 0 Å². The third kappa shape index (κ3) is 3.96. The molecule has 6 heteroatoms. The Kier molecular flexibility index (Phi) is 5.64. The van der Waals surface area contributed by atoms with Gasteiger partial charge >= 0.3 is 0 Å². The van der Waals surface area contributed by atoms with Crippen LogP contribution in [0.5, 0.6) is 11.5 Å². The summed E-state index contributed by atoms with van der Waals surface area (Å²) in [4.78, 5) is 7.19. The number of aromatic nitrogens is 1. The summed E-state index contributed by atoms with van der Waals surface area (Å²) in [5.41, 5.74) is 2.05. The number of anilines is 1. The molecule has 0 saturated carbocycles. The topological polar surface area (TPSA) is 58.7 Å². The molecular formula is C21H30N4O2. The quantitative estimate of drug-likeness (QED) is 0.844. The minimum absolute atomic E-state index is 0.502. The first-order valence-electron chi connectivity index (χ1n) is 10.0. The van der Waals surface area contributed by atoms with Crippen LogP contribution in [0.25, 0.3) is 10.9 Å². The molecular weight excluding hydrogens is 340 g/mol. The van der Waals surface area contributed by atoms with Gasteiger partial charge in [-0.3, -0.25) is 4.98 Å². The van der Waals surface area contributed by atoms with Crippen molar-refractivity contribution in [1.29, 1.82) is 0 Å². The Morgan fingerprint density at radius 2 is 1.74 bits per heavy atom. The number of rotatable bonds is 5. The molecule has 3 heterocycles. The maximum absolute atomic E-state index is 5.48. The molecule has 0 spiro atoms. The number of benzene rings is 1. The fraction of sp³-hybridized carbons (Fsp3) is 0.571. The van der Waals surface area contributed by atoms with Crippen molar-refractivity contribution in [3.05, 3.63) is 24.4 Å². The molecule has 0 bridgehead atoms. The van der Waals surface area contributed by atoms with Crippen LogP contribution in [-0.4, -0.2) is 62.4 Å². The third-order valence-electron chi connectivity index (χ3n) is 5.96. The number of likely N-dealkylation sites (tertiary alicyclic amines) is 1. The lowest BCUT2D eigenvalue weighted by molar-refractivity contribution is 0.131. The summed E-state index contributed by atoms with van der Waals surface area (Å²) in [6.07, 6.45) is 6.80. The van der Waals surface area contributed by atoms with Crippen molar-refractivity contribution >= 4 is 16.6 Å². The van der Waals surface area contributed by atoms with Gasteiger partial charge in [0, 0.05) is 48.5 Å². The summed E-state index contributed by atoms with van der Waals surface area (Å²) in [7, 11) is 3.33. The van der Waals surface area contributed by atoms with Crippen LogP contribution >= 0.6 is 0 Å². The molecule has 2 aliphatic heterocycles. The first-order chi connectivity index (χ1) is 13.3. The highest BCUT2D eigenvalue weighted by Crippen LogP contribution is 2.35. The summed E-state index contributed by atoms with van der Waals surface area (Å²) in [5, 5.41) is 8.31. The molecule has 2 N–H and O–H groups in total. The summed E-state index contributed by atoms with van der Waals surface area (Å²) in [5.74, 6) is 1.45. The number of ether oxygens (including phenoxy) is 2. The molecule has 2 aromatic rings. The zero-order valence-electron chi connectivity index (χ0n) is 16.3. The molecule has 4 rings (SSSR count). The maximum atomic E-state index is 5.48. The monoisotopic (exact) mass is 370 g/mol. The van der Waals surface area contributed by atoms with Gasteiger partial charge in [-0.05, 0) is 50.9 Å². The van der Waals surface area contributed by atoms with Gasteiger partial charge in [0.25, 0.3) is 0 Å². The SMILES string of the molecule is COc1cc2nccc(NC3CCN(C4CCNCC4)CC3)c2cc1OC. The Morgan fingerprint density at radius 1 is 1.04 bits per heavy atom. The van der Waals surface area contributed by atoms with Crippen molar-refractivity contribution in [2.75, 3.05) is 45.7 Å². The number of nitrogens with one attached hydrogen (secondary N) is 2. The van der Waals surface area contributed by atoms with E-state index in [1.54, 1.807) is 14.2 Å². The van der Waals surface area contributed by atoms with E-state index in [0.717, 1.165) is 41.5 Å². The van der Waals surface area contributed by atoms with Crippen molar-refractivity contribution in [1.82, 2.24) is 15.2 Å². The van der Waals surface area contributed by atoms with E-state index in [4.69, 9.17) is 9.47 Å². The Labute approximate surface area is 161 Å². The van der Waals surface area contributed by atoms with E-state index in [1.165, 1.54) is 38.8 Å². The van der Waals surface area contributed by atoms with E-state index in [9.17, 15) is 0 Å². The normalized spacial score (nSPS) is 19.9. The van der Waals surface area contributed by atoms with Gasteiger partial charge in [-0.2, -0.15) is 0 Å². The molecule has 1 aromatic heterocycles. The fourth-order valence-electron chi connectivity index (χ4n) is 4.40. The van der Waals surface area contributed by atoms with Gasteiger partial charge < -0.3 is 25.0 Å². The van der Waals surface area contributed by atoms with E-state index in [-0.39, 0.29) is 0 Å². The second-order valence-corrected chi connectivity index (χ2v) is 7.52. The second kappa shape index (κ2) is 8.31.